The lowest BCUT2D eigenvalue weighted by atomic mass is 9.99. The van der Waals surface area contributed by atoms with Crippen molar-refractivity contribution >= 4 is 22.3 Å². The van der Waals surface area contributed by atoms with Gasteiger partial charge in [-0.25, -0.2) is 0 Å². The van der Waals surface area contributed by atoms with Crippen molar-refractivity contribution in [3.63, 3.8) is 0 Å². The van der Waals surface area contributed by atoms with E-state index in [0.29, 0.717) is 0 Å². The van der Waals surface area contributed by atoms with Crippen molar-refractivity contribution in [3.8, 4) is 0 Å². The first-order valence-corrected chi connectivity index (χ1v) is 6.76. The highest BCUT2D eigenvalue weighted by molar-refractivity contribution is 7.10. The zero-order chi connectivity index (χ0) is 12.7. The number of para-hydroxylation sites is 1. The smallest absolute Gasteiger partial charge is 0.134 e. The maximum Gasteiger partial charge on any atom is 0.134 e. The molecule has 0 saturated heterocycles. The van der Waals surface area contributed by atoms with Crippen molar-refractivity contribution in [1.82, 2.24) is 0 Å². The second-order valence-electron chi connectivity index (χ2n) is 4.40. The summed E-state index contributed by atoms with van der Waals surface area (Å²) in [5.74, 6) is 0.786. The Morgan fingerprint density at radius 1 is 1.17 bits per heavy atom. The molecular formula is C15H14O2S. The minimum absolute atomic E-state index is 0.611. The maximum atomic E-state index is 10.6. The molecule has 1 atom stereocenters. The first-order chi connectivity index (χ1) is 8.68. The molecule has 0 fully saturated rings. The average Bonchev–Trinajstić information content (AvgIpc) is 2.91. The minimum atomic E-state index is -0.611. The Morgan fingerprint density at radius 2 is 1.94 bits per heavy atom. The summed E-state index contributed by atoms with van der Waals surface area (Å²) >= 11 is 1.65. The van der Waals surface area contributed by atoms with Crippen LogP contribution in [0.4, 0.5) is 0 Å². The number of aliphatic hydroxyl groups excluding tert-OH is 1. The molecule has 0 bridgehead atoms. The quantitative estimate of drug-likeness (QED) is 0.747. The van der Waals surface area contributed by atoms with Crippen molar-refractivity contribution in [2.24, 2.45) is 0 Å². The van der Waals surface area contributed by atoms with Crippen LogP contribution in [0.3, 0.4) is 0 Å². The highest BCUT2D eigenvalue weighted by atomic mass is 32.1. The number of thiophene rings is 1. The number of aryl methyl sites for hydroxylation is 2. The fraction of sp³-hybridized carbons (Fsp3) is 0.200. The van der Waals surface area contributed by atoms with Crippen molar-refractivity contribution < 1.29 is 9.52 Å². The number of benzene rings is 1. The number of rotatable bonds is 2. The van der Waals surface area contributed by atoms with Crippen LogP contribution in [0.5, 0.6) is 0 Å². The summed E-state index contributed by atoms with van der Waals surface area (Å²) < 4.78 is 5.70. The van der Waals surface area contributed by atoms with Crippen LogP contribution in [0.1, 0.15) is 27.9 Å². The van der Waals surface area contributed by atoms with E-state index in [1.165, 1.54) is 0 Å². The molecule has 0 spiro atoms. The molecule has 2 heterocycles. The first kappa shape index (κ1) is 11.5. The van der Waals surface area contributed by atoms with E-state index in [2.05, 4.69) is 0 Å². The summed E-state index contributed by atoms with van der Waals surface area (Å²) in [4.78, 5) is 1.15. The van der Waals surface area contributed by atoms with E-state index < -0.39 is 6.10 Å². The van der Waals surface area contributed by atoms with E-state index in [1.807, 2.05) is 49.6 Å². The molecule has 0 amide bonds. The third-order valence-electron chi connectivity index (χ3n) is 3.29. The van der Waals surface area contributed by atoms with Crippen LogP contribution >= 0.6 is 11.3 Å². The van der Waals surface area contributed by atoms with Gasteiger partial charge in [0.1, 0.15) is 17.4 Å². The van der Waals surface area contributed by atoms with E-state index in [4.69, 9.17) is 4.42 Å². The highest BCUT2D eigenvalue weighted by Crippen LogP contribution is 2.36. The molecule has 1 aromatic carbocycles. The van der Waals surface area contributed by atoms with Crippen LogP contribution < -0.4 is 0 Å². The van der Waals surface area contributed by atoms with E-state index in [9.17, 15) is 5.11 Å². The molecule has 3 heteroatoms. The number of furan rings is 1. The molecule has 0 aliphatic carbocycles. The van der Waals surface area contributed by atoms with Crippen molar-refractivity contribution in [2.75, 3.05) is 0 Å². The normalized spacial score (nSPS) is 13.1. The summed E-state index contributed by atoms with van der Waals surface area (Å²) in [5.41, 5.74) is 2.68. The van der Waals surface area contributed by atoms with Crippen molar-refractivity contribution in [2.45, 2.75) is 20.0 Å². The van der Waals surface area contributed by atoms with Crippen molar-refractivity contribution in [3.05, 3.63) is 57.5 Å². The van der Waals surface area contributed by atoms with Gasteiger partial charge in [-0.3, -0.25) is 0 Å². The van der Waals surface area contributed by atoms with Gasteiger partial charge in [0.25, 0.3) is 0 Å². The molecule has 18 heavy (non-hydrogen) atoms. The number of aliphatic hydroxyl groups is 1. The van der Waals surface area contributed by atoms with Crippen LogP contribution in [0.25, 0.3) is 11.0 Å². The lowest BCUT2D eigenvalue weighted by Crippen LogP contribution is -2.00. The van der Waals surface area contributed by atoms with Gasteiger partial charge in [-0.2, -0.15) is 0 Å². The summed E-state index contributed by atoms with van der Waals surface area (Å²) in [6.07, 6.45) is -0.611. The van der Waals surface area contributed by atoms with Crippen LogP contribution in [-0.4, -0.2) is 5.11 Å². The molecule has 1 N–H and O–H groups in total. The van der Waals surface area contributed by atoms with E-state index in [0.717, 1.165) is 32.7 Å². The molecule has 1 unspecified atom stereocenters. The summed E-state index contributed by atoms with van der Waals surface area (Å²) in [6, 6.07) is 9.81. The average molecular weight is 258 g/mol. The molecule has 2 aromatic heterocycles. The highest BCUT2D eigenvalue weighted by Gasteiger charge is 2.21. The van der Waals surface area contributed by atoms with Crippen LogP contribution in [0, 0.1) is 13.8 Å². The molecular weight excluding hydrogens is 244 g/mol. The SMILES string of the molecule is Cc1oc2ccccc2c1C(O)c1ccsc1C. The van der Waals surface area contributed by atoms with Crippen molar-refractivity contribution in [1.29, 1.82) is 0 Å². The summed E-state index contributed by atoms with van der Waals surface area (Å²) in [5, 5.41) is 13.6. The van der Waals surface area contributed by atoms with Gasteiger partial charge in [0.2, 0.25) is 0 Å². The predicted octanol–water partition coefficient (Wildman–Crippen LogP) is 4.19. The molecule has 3 rings (SSSR count). The molecule has 0 aliphatic rings. The lowest BCUT2D eigenvalue weighted by Gasteiger charge is -2.10. The number of hydrogen-bond acceptors (Lipinski definition) is 3. The zero-order valence-electron chi connectivity index (χ0n) is 10.3. The van der Waals surface area contributed by atoms with Gasteiger partial charge in [-0.1, -0.05) is 18.2 Å². The largest absolute Gasteiger partial charge is 0.461 e. The summed E-state index contributed by atoms with van der Waals surface area (Å²) in [6.45, 7) is 3.93. The van der Waals surface area contributed by atoms with Crippen LogP contribution in [0.2, 0.25) is 0 Å². The molecule has 2 nitrogen and oxygen atoms in total. The van der Waals surface area contributed by atoms with Gasteiger partial charge < -0.3 is 9.52 Å². The fourth-order valence-electron chi connectivity index (χ4n) is 2.36. The van der Waals surface area contributed by atoms with Crippen LogP contribution in [-0.2, 0) is 0 Å². The van der Waals surface area contributed by atoms with E-state index in [1.54, 1.807) is 11.3 Å². The Kier molecular flexibility index (Phi) is 2.73. The molecule has 0 saturated carbocycles. The molecule has 0 aliphatic heterocycles. The molecule has 92 valence electrons. The third-order valence-corrected chi connectivity index (χ3v) is 4.15. The van der Waals surface area contributed by atoms with Gasteiger partial charge in [0.05, 0.1) is 0 Å². The summed E-state index contributed by atoms with van der Waals surface area (Å²) in [7, 11) is 0. The van der Waals surface area contributed by atoms with E-state index in [-0.39, 0.29) is 0 Å². The minimum Gasteiger partial charge on any atom is -0.461 e. The predicted molar refractivity (Wildman–Crippen MR) is 74.1 cm³/mol. The second-order valence-corrected chi connectivity index (χ2v) is 5.52. The fourth-order valence-corrected chi connectivity index (χ4v) is 3.10. The van der Waals surface area contributed by atoms with E-state index >= 15 is 0 Å². The topological polar surface area (TPSA) is 33.4 Å². The van der Waals surface area contributed by atoms with Gasteiger partial charge in [0, 0.05) is 15.8 Å². The van der Waals surface area contributed by atoms with Gasteiger partial charge in [0.15, 0.2) is 0 Å². The molecule has 3 aromatic rings. The van der Waals surface area contributed by atoms with Gasteiger partial charge >= 0.3 is 0 Å². The first-order valence-electron chi connectivity index (χ1n) is 5.88. The Hall–Kier alpha value is -1.58. The van der Waals surface area contributed by atoms with Gasteiger partial charge in [-0.15, -0.1) is 11.3 Å². The number of hydrogen-bond donors (Lipinski definition) is 1. The Bertz CT molecular complexity index is 693. The van der Waals surface area contributed by atoms with Crippen LogP contribution in [0.15, 0.2) is 40.1 Å². The maximum absolute atomic E-state index is 10.6. The molecule has 0 radical (unpaired) electrons. The second kappa shape index (κ2) is 4.26. The van der Waals surface area contributed by atoms with Gasteiger partial charge in [-0.05, 0) is 36.9 Å². The third kappa shape index (κ3) is 1.67. The standard InChI is InChI=1S/C15H14O2S/c1-9-14(12-5-3-4-6-13(12)17-9)15(16)11-7-8-18-10(11)2/h3-8,15-16H,1-2H3. The number of fused-ring (bicyclic) bond motifs is 1. The monoisotopic (exact) mass is 258 g/mol. The lowest BCUT2D eigenvalue weighted by molar-refractivity contribution is 0.219. The zero-order valence-corrected chi connectivity index (χ0v) is 11.1. The Balaban J connectivity index is 2.20. The Labute approximate surface area is 109 Å². The Morgan fingerprint density at radius 3 is 2.67 bits per heavy atom.